The summed E-state index contributed by atoms with van der Waals surface area (Å²) < 4.78 is 6.82. The Bertz CT molecular complexity index is 1610. The largest absolute Gasteiger partial charge is 0.494 e. The SMILES string of the molecule is CC(C)(C)CN1C=CC(c2cn(OC(=O)CC(O)(CC(=O)O)C(=O)O)c3ccc(NC(=O)CCCCOc4ccccc4)nc23)CC1. The molecule has 2 aromatic heterocycles. The van der Waals surface area contributed by atoms with Gasteiger partial charge in [0.2, 0.25) is 5.91 Å². The third kappa shape index (κ3) is 10.0. The number of carbonyl (C=O) groups is 4. The minimum absolute atomic E-state index is 0.101. The summed E-state index contributed by atoms with van der Waals surface area (Å²) >= 11 is 0. The van der Waals surface area contributed by atoms with Gasteiger partial charge in [-0.05, 0) is 55.1 Å². The van der Waals surface area contributed by atoms with Crippen molar-refractivity contribution in [3.05, 3.63) is 66.5 Å². The third-order valence-corrected chi connectivity index (χ3v) is 7.53. The van der Waals surface area contributed by atoms with E-state index in [0.717, 1.165) is 30.0 Å². The lowest BCUT2D eigenvalue weighted by molar-refractivity contribution is -0.171. The van der Waals surface area contributed by atoms with E-state index in [0.29, 0.717) is 41.9 Å². The summed E-state index contributed by atoms with van der Waals surface area (Å²) in [7, 11) is 0. The summed E-state index contributed by atoms with van der Waals surface area (Å²) in [5.74, 6) is -3.83. The number of hydrogen-bond donors (Lipinski definition) is 4. The Morgan fingerprint density at radius 3 is 2.40 bits per heavy atom. The van der Waals surface area contributed by atoms with E-state index < -0.39 is 36.4 Å². The van der Waals surface area contributed by atoms with Crippen molar-refractivity contribution < 1.29 is 44.1 Å². The number of para-hydroxylation sites is 1. The molecule has 4 N–H and O–H groups in total. The molecule has 0 spiro atoms. The first-order chi connectivity index (χ1) is 22.2. The molecule has 3 heterocycles. The van der Waals surface area contributed by atoms with Crippen molar-refractivity contribution in [1.82, 2.24) is 14.6 Å². The smallest absolute Gasteiger partial charge is 0.336 e. The topological polar surface area (TPSA) is 181 Å². The molecule has 3 aromatic rings. The van der Waals surface area contributed by atoms with Crippen LogP contribution in [0.3, 0.4) is 0 Å². The highest BCUT2D eigenvalue weighted by Crippen LogP contribution is 2.33. The van der Waals surface area contributed by atoms with Gasteiger partial charge in [0.1, 0.15) is 17.1 Å². The molecule has 1 aliphatic rings. The summed E-state index contributed by atoms with van der Waals surface area (Å²) in [5, 5.41) is 31.6. The number of carbonyl (C=O) groups excluding carboxylic acids is 2. The van der Waals surface area contributed by atoms with Crippen LogP contribution in [0.1, 0.15) is 70.8 Å². The Hall–Kier alpha value is -4.91. The molecule has 1 amide bonds. The standard InChI is InChI=1S/C34H42N4O9/c1-33(2,3)22-37-16-14-23(15-17-37)25-21-38(47-30(42)20-34(45,32(43)44)19-29(40)41)26-12-13-27(36-31(25)26)35-28(39)11-7-8-18-46-24-9-5-4-6-10-24/h4-6,9-10,12-14,16,21,23,45H,7-8,11,15,17-20,22H2,1-3H3,(H,40,41)(H,43,44)(H,35,36,39). The van der Waals surface area contributed by atoms with Gasteiger partial charge in [0.15, 0.2) is 5.60 Å². The summed E-state index contributed by atoms with van der Waals surface area (Å²) in [6, 6.07) is 12.6. The van der Waals surface area contributed by atoms with Crippen LogP contribution in [0.15, 0.2) is 60.9 Å². The number of fused-ring (bicyclic) bond motifs is 1. The fourth-order valence-electron chi connectivity index (χ4n) is 5.36. The number of anilines is 1. The molecule has 0 saturated heterocycles. The first-order valence-electron chi connectivity index (χ1n) is 15.5. The Balaban J connectivity index is 1.50. The molecule has 0 bridgehead atoms. The number of pyridine rings is 1. The molecular weight excluding hydrogens is 608 g/mol. The maximum absolute atomic E-state index is 12.8. The zero-order chi connectivity index (χ0) is 34.2. The summed E-state index contributed by atoms with van der Waals surface area (Å²) in [5.41, 5.74) is -1.20. The predicted molar refractivity (Wildman–Crippen MR) is 173 cm³/mol. The normalized spacial score (nSPS) is 16.0. The lowest BCUT2D eigenvalue weighted by atomic mass is 9.92. The van der Waals surface area contributed by atoms with Gasteiger partial charge in [0, 0.05) is 31.0 Å². The third-order valence-electron chi connectivity index (χ3n) is 7.53. The average molecular weight is 651 g/mol. The van der Waals surface area contributed by atoms with Crippen LogP contribution in [0.2, 0.25) is 0 Å². The van der Waals surface area contributed by atoms with Gasteiger partial charge in [-0.2, -0.15) is 4.73 Å². The highest BCUT2D eigenvalue weighted by molar-refractivity contribution is 5.92. The first-order valence-corrected chi connectivity index (χ1v) is 15.5. The second-order valence-electron chi connectivity index (χ2n) is 13.0. The molecule has 13 nitrogen and oxygen atoms in total. The molecule has 13 heteroatoms. The van der Waals surface area contributed by atoms with Crippen LogP contribution in [0.5, 0.6) is 5.75 Å². The van der Waals surface area contributed by atoms with E-state index in [1.165, 1.54) is 0 Å². The Morgan fingerprint density at radius 1 is 1.02 bits per heavy atom. The number of carboxylic acid groups (broad SMARTS) is 2. The van der Waals surface area contributed by atoms with Gasteiger partial charge >= 0.3 is 17.9 Å². The number of aromatic nitrogens is 2. The van der Waals surface area contributed by atoms with Crippen LogP contribution >= 0.6 is 0 Å². The maximum atomic E-state index is 12.8. The van der Waals surface area contributed by atoms with Gasteiger partial charge in [0.25, 0.3) is 0 Å². The summed E-state index contributed by atoms with van der Waals surface area (Å²) in [6.45, 7) is 8.61. The summed E-state index contributed by atoms with van der Waals surface area (Å²) in [6.07, 6.45) is 5.67. The molecule has 252 valence electrons. The fraction of sp³-hybridized carbons (Fsp3) is 0.441. The molecule has 2 unspecified atom stereocenters. The van der Waals surface area contributed by atoms with Gasteiger partial charge in [-0.3, -0.25) is 9.59 Å². The quantitative estimate of drug-likeness (QED) is 0.173. The van der Waals surface area contributed by atoms with Crippen molar-refractivity contribution in [3.63, 3.8) is 0 Å². The average Bonchev–Trinajstić information content (AvgIpc) is 3.33. The Morgan fingerprint density at radius 2 is 1.77 bits per heavy atom. The number of rotatable bonds is 15. The van der Waals surface area contributed by atoms with Crippen molar-refractivity contribution >= 4 is 40.7 Å². The van der Waals surface area contributed by atoms with Gasteiger partial charge in [-0.1, -0.05) is 45.0 Å². The monoisotopic (exact) mass is 650 g/mol. The number of ether oxygens (including phenoxy) is 1. The number of nitrogens with zero attached hydrogens (tertiary/aromatic N) is 3. The highest BCUT2D eigenvalue weighted by atomic mass is 16.7. The van der Waals surface area contributed by atoms with Crippen LogP contribution < -0.4 is 14.9 Å². The second kappa shape index (κ2) is 15.1. The minimum atomic E-state index is -2.85. The van der Waals surface area contributed by atoms with Crippen molar-refractivity contribution in [2.24, 2.45) is 5.41 Å². The van der Waals surface area contributed by atoms with Gasteiger partial charge in [-0.15, -0.1) is 0 Å². The number of amides is 1. The van der Waals surface area contributed by atoms with Crippen molar-refractivity contribution in [2.45, 2.75) is 70.8 Å². The van der Waals surface area contributed by atoms with Crippen molar-refractivity contribution in [1.29, 1.82) is 0 Å². The number of nitrogens with one attached hydrogen (secondary N) is 1. The van der Waals surface area contributed by atoms with Crippen LogP contribution in [0.4, 0.5) is 5.82 Å². The number of unbranched alkanes of at least 4 members (excludes halogenated alkanes) is 1. The highest BCUT2D eigenvalue weighted by Gasteiger charge is 2.42. The van der Waals surface area contributed by atoms with Gasteiger partial charge < -0.3 is 35.1 Å². The number of allylic oxidation sites excluding steroid dienone is 1. The van der Waals surface area contributed by atoms with E-state index in [1.807, 2.05) is 42.6 Å². The molecule has 0 saturated carbocycles. The van der Waals surface area contributed by atoms with E-state index >= 15 is 0 Å². The number of benzene rings is 1. The van der Waals surface area contributed by atoms with E-state index in [1.54, 1.807) is 18.3 Å². The lowest BCUT2D eigenvalue weighted by Crippen LogP contribution is -2.44. The molecule has 1 aromatic carbocycles. The van der Waals surface area contributed by atoms with Crippen molar-refractivity contribution in [2.75, 3.05) is 25.0 Å². The van der Waals surface area contributed by atoms with Gasteiger partial charge in [-0.25, -0.2) is 14.6 Å². The minimum Gasteiger partial charge on any atom is -0.494 e. The van der Waals surface area contributed by atoms with Gasteiger partial charge in [0.05, 0.1) is 31.2 Å². The van der Waals surface area contributed by atoms with E-state index in [-0.39, 0.29) is 23.7 Å². The molecule has 2 atom stereocenters. The number of carboxylic acids is 2. The first kappa shape index (κ1) is 35.0. The molecular formula is C34H42N4O9. The molecule has 47 heavy (non-hydrogen) atoms. The van der Waals surface area contributed by atoms with E-state index in [4.69, 9.17) is 14.7 Å². The number of hydrogen-bond acceptors (Lipinski definition) is 9. The van der Waals surface area contributed by atoms with E-state index in [9.17, 15) is 29.4 Å². The molecule has 0 fully saturated rings. The zero-order valence-corrected chi connectivity index (χ0v) is 26.8. The molecule has 1 aliphatic heterocycles. The van der Waals surface area contributed by atoms with Crippen LogP contribution in [-0.4, -0.2) is 79.0 Å². The summed E-state index contributed by atoms with van der Waals surface area (Å²) in [4.78, 5) is 60.6. The maximum Gasteiger partial charge on any atom is 0.336 e. The van der Waals surface area contributed by atoms with E-state index in [2.05, 4.69) is 36.0 Å². The second-order valence-corrected chi connectivity index (χ2v) is 13.0. The number of aliphatic hydroxyl groups is 1. The lowest BCUT2D eigenvalue weighted by Gasteiger charge is -2.33. The zero-order valence-electron chi connectivity index (χ0n) is 26.8. The number of aliphatic carboxylic acids is 2. The Labute approximate surface area is 272 Å². The fourth-order valence-corrected chi connectivity index (χ4v) is 5.36. The molecule has 0 radical (unpaired) electrons. The van der Waals surface area contributed by atoms with Crippen molar-refractivity contribution in [3.8, 4) is 5.75 Å². The molecule has 0 aliphatic carbocycles. The molecule has 4 rings (SSSR count). The Kier molecular flexibility index (Phi) is 11.2. The predicted octanol–water partition coefficient (Wildman–Crippen LogP) is 4.21. The van der Waals surface area contributed by atoms with Crippen LogP contribution in [0, 0.1) is 5.41 Å². The van der Waals surface area contributed by atoms with Crippen LogP contribution in [-0.2, 0) is 19.2 Å². The van der Waals surface area contributed by atoms with Crippen LogP contribution in [0.25, 0.3) is 11.0 Å².